The van der Waals surface area contributed by atoms with Crippen molar-refractivity contribution in [1.82, 2.24) is 5.32 Å². The van der Waals surface area contributed by atoms with Crippen LogP contribution in [-0.2, 0) is 24.7 Å². The predicted molar refractivity (Wildman–Crippen MR) is 118 cm³/mol. The first-order valence-corrected chi connectivity index (χ1v) is 10.6. The SMILES string of the molecule is COC(=O)C1NC(c2ccccc2)(c2ccccc2)C2C(=O)N(c3ccc(F)cc3)C(=O)C12. The fourth-order valence-electron chi connectivity index (χ4n) is 5.18. The van der Waals surface area contributed by atoms with Crippen molar-refractivity contribution in [2.45, 2.75) is 11.6 Å². The molecule has 2 heterocycles. The van der Waals surface area contributed by atoms with E-state index in [0.717, 1.165) is 16.0 Å². The molecule has 7 heteroatoms. The Hall–Kier alpha value is -3.84. The minimum atomic E-state index is -1.15. The molecule has 2 aliphatic rings. The van der Waals surface area contributed by atoms with Crippen molar-refractivity contribution < 1.29 is 23.5 Å². The van der Waals surface area contributed by atoms with Gasteiger partial charge < -0.3 is 4.74 Å². The maximum absolute atomic E-state index is 13.9. The number of carbonyl (C=O) groups is 3. The Balaban J connectivity index is 1.74. The fraction of sp³-hybridized carbons (Fsp3) is 0.192. The van der Waals surface area contributed by atoms with Gasteiger partial charge in [-0.25, -0.2) is 9.29 Å². The highest BCUT2D eigenvalue weighted by atomic mass is 19.1. The first kappa shape index (κ1) is 21.0. The largest absolute Gasteiger partial charge is 0.468 e. The van der Waals surface area contributed by atoms with E-state index in [9.17, 15) is 18.8 Å². The average Bonchev–Trinajstić information content (AvgIpc) is 3.35. The summed E-state index contributed by atoms with van der Waals surface area (Å²) in [5.74, 6) is -3.98. The number of benzene rings is 3. The molecular weight excluding hydrogens is 423 g/mol. The Bertz CT molecular complexity index is 1170. The van der Waals surface area contributed by atoms with Gasteiger partial charge in [-0.3, -0.25) is 19.7 Å². The van der Waals surface area contributed by atoms with Gasteiger partial charge in [-0.1, -0.05) is 60.7 Å². The van der Waals surface area contributed by atoms with Crippen molar-refractivity contribution in [2.75, 3.05) is 12.0 Å². The highest BCUT2D eigenvalue weighted by Crippen LogP contribution is 2.52. The zero-order valence-electron chi connectivity index (χ0n) is 17.8. The van der Waals surface area contributed by atoms with Crippen LogP contribution < -0.4 is 10.2 Å². The Morgan fingerprint density at radius 2 is 1.42 bits per heavy atom. The molecule has 3 aromatic rings. The summed E-state index contributed by atoms with van der Waals surface area (Å²) in [7, 11) is 1.25. The van der Waals surface area contributed by atoms with Gasteiger partial charge in [0.25, 0.3) is 0 Å². The first-order valence-electron chi connectivity index (χ1n) is 10.6. The molecule has 3 atom stereocenters. The van der Waals surface area contributed by atoms with Crippen molar-refractivity contribution in [3.8, 4) is 0 Å². The number of carbonyl (C=O) groups excluding carboxylic acids is 3. The Morgan fingerprint density at radius 1 is 0.879 bits per heavy atom. The van der Waals surface area contributed by atoms with Gasteiger partial charge in [0.2, 0.25) is 11.8 Å². The molecule has 0 spiro atoms. The molecule has 2 amide bonds. The van der Waals surface area contributed by atoms with Gasteiger partial charge in [-0.2, -0.15) is 0 Å². The molecule has 0 saturated carbocycles. The van der Waals surface area contributed by atoms with Crippen LogP contribution in [0.4, 0.5) is 10.1 Å². The minimum Gasteiger partial charge on any atom is -0.468 e. The number of esters is 1. The summed E-state index contributed by atoms with van der Waals surface area (Å²) in [5, 5.41) is 3.33. The quantitative estimate of drug-likeness (QED) is 0.495. The summed E-state index contributed by atoms with van der Waals surface area (Å²) in [6.07, 6.45) is 0. The third kappa shape index (κ3) is 3.08. The lowest BCUT2D eigenvalue weighted by atomic mass is 9.72. The first-order chi connectivity index (χ1) is 16.0. The van der Waals surface area contributed by atoms with Crippen LogP contribution in [0.25, 0.3) is 0 Å². The molecule has 2 aliphatic heterocycles. The van der Waals surface area contributed by atoms with Crippen molar-refractivity contribution in [3.63, 3.8) is 0 Å². The summed E-state index contributed by atoms with van der Waals surface area (Å²) in [5.41, 5.74) is 0.618. The summed E-state index contributed by atoms with van der Waals surface area (Å²) in [6, 6.07) is 22.7. The van der Waals surface area contributed by atoms with E-state index in [-0.39, 0.29) is 5.69 Å². The molecule has 3 aromatic carbocycles. The van der Waals surface area contributed by atoms with Crippen LogP contribution in [0.2, 0.25) is 0 Å². The molecule has 0 radical (unpaired) electrons. The van der Waals surface area contributed by atoms with Crippen LogP contribution in [0.15, 0.2) is 84.9 Å². The zero-order chi connectivity index (χ0) is 23.2. The van der Waals surface area contributed by atoms with Gasteiger partial charge in [0.05, 0.1) is 30.2 Å². The molecule has 3 unspecified atom stereocenters. The monoisotopic (exact) mass is 444 g/mol. The number of halogens is 1. The second-order valence-electron chi connectivity index (χ2n) is 8.18. The molecule has 0 aromatic heterocycles. The summed E-state index contributed by atoms with van der Waals surface area (Å²) < 4.78 is 18.5. The van der Waals surface area contributed by atoms with Crippen LogP contribution in [-0.4, -0.2) is 30.9 Å². The number of nitrogens with one attached hydrogen (secondary N) is 1. The standard InChI is InChI=1S/C26H21FN2O4/c1-33-25(32)22-20-21(24(31)29(23(20)30)19-14-12-18(27)13-15-19)26(28-22,16-8-4-2-5-9-16)17-10-6-3-7-11-17/h2-15,20-22,28H,1H3. The van der Waals surface area contributed by atoms with Gasteiger partial charge in [-0.15, -0.1) is 0 Å². The number of ether oxygens (including phenoxy) is 1. The molecule has 5 rings (SSSR count). The Labute approximate surface area is 190 Å². The molecule has 166 valence electrons. The molecule has 6 nitrogen and oxygen atoms in total. The molecule has 0 bridgehead atoms. The molecule has 2 saturated heterocycles. The molecule has 2 fully saturated rings. The smallest absolute Gasteiger partial charge is 0.323 e. The molecular formula is C26H21FN2O4. The third-order valence-electron chi connectivity index (χ3n) is 6.56. The summed E-state index contributed by atoms with van der Waals surface area (Å²) in [6.45, 7) is 0. The van der Waals surface area contributed by atoms with Crippen LogP contribution in [0, 0.1) is 17.7 Å². The lowest BCUT2D eigenvalue weighted by molar-refractivity contribution is -0.145. The number of amides is 2. The number of hydrogen-bond donors (Lipinski definition) is 1. The van der Waals surface area contributed by atoms with Crippen LogP contribution in [0.5, 0.6) is 0 Å². The van der Waals surface area contributed by atoms with E-state index in [1.165, 1.54) is 31.4 Å². The van der Waals surface area contributed by atoms with Crippen LogP contribution in [0.3, 0.4) is 0 Å². The number of rotatable bonds is 4. The summed E-state index contributed by atoms with van der Waals surface area (Å²) >= 11 is 0. The Kier molecular flexibility index (Phi) is 5.06. The normalized spacial score (nSPS) is 23.5. The number of methoxy groups -OCH3 is 1. The van der Waals surface area contributed by atoms with E-state index in [0.29, 0.717) is 0 Å². The van der Waals surface area contributed by atoms with E-state index >= 15 is 0 Å². The highest BCUT2D eigenvalue weighted by Gasteiger charge is 2.68. The minimum absolute atomic E-state index is 0.263. The second kappa shape index (κ2) is 7.94. The lowest BCUT2D eigenvalue weighted by Gasteiger charge is -2.36. The lowest BCUT2D eigenvalue weighted by Crippen LogP contribution is -2.51. The number of nitrogens with zero attached hydrogens (tertiary/aromatic N) is 1. The summed E-state index contributed by atoms with van der Waals surface area (Å²) in [4.78, 5) is 41.4. The van der Waals surface area contributed by atoms with E-state index in [1.54, 1.807) is 0 Å². The van der Waals surface area contributed by atoms with Crippen molar-refractivity contribution >= 4 is 23.5 Å². The average molecular weight is 444 g/mol. The maximum atomic E-state index is 13.9. The third-order valence-corrected chi connectivity index (χ3v) is 6.56. The molecule has 0 aliphatic carbocycles. The number of imide groups is 1. The zero-order valence-corrected chi connectivity index (χ0v) is 17.8. The number of anilines is 1. The van der Waals surface area contributed by atoms with Crippen LogP contribution >= 0.6 is 0 Å². The van der Waals surface area contributed by atoms with E-state index in [1.807, 2.05) is 60.7 Å². The maximum Gasteiger partial charge on any atom is 0.323 e. The van der Waals surface area contributed by atoms with E-state index in [2.05, 4.69) is 5.32 Å². The van der Waals surface area contributed by atoms with Gasteiger partial charge in [0.15, 0.2) is 0 Å². The second-order valence-corrected chi connectivity index (χ2v) is 8.18. The van der Waals surface area contributed by atoms with Gasteiger partial charge in [0, 0.05) is 0 Å². The van der Waals surface area contributed by atoms with Gasteiger partial charge >= 0.3 is 5.97 Å². The topological polar surface area (TPSA) is 75.7 Å². The van der Waals surface area contributed by atoms with Crippen LogP contribution in [0.1, 0.15) is 11.1 Å². The predicted octanol–water partition coefficient (Wildman–Crippen LogP) is 3.02. The fourth-order valence-corrected chi connectivity index (χ4v) is 5.18. The van der Waals surface area contributed by atoms with Crippen molar-refractivity contribution in [1.29, 1.82) is 0 Å². The highest BCUT2D eigenvalue weighted by molar-refractivity contribution is 6.24. The van der Waals surface area contributed by atoms with Crippen molar-refractivity contribution in [2.24, 2.45) is 11.8 Å². The van der Waals surface area contributed by atoms with Gasteiger partial charge in [0.1, 0.15) is 11.9 Å². The Morgan fingerprint density at radius 3 is 1.94 bits per heavy atom. The van der Waals surface area contributed by atoms with Crippen molar-refractivity contribution in [3.05, 3.63) is 102 Å². The van der Waals surface area contributed by atoms with Gasteiger partial charge in [-0.05, 0) is 35.4 Å². The molecule has 33 heavy (non-hydrogen) atoms. The molecule has 1 N–H and O–H groups in total. The number of fused-ring (bicyclic) bond motifs is 1. The van der Waals surface area contributed by atoms with E-state index in [4.69, 9.17) is 4.74 Å². The number of hydrogen-bond acceptors (Lipinski definition) is 5. The van der Waals surface area contributed by atoms with E-state index < -0.39 is 47.0 Å².